The van der Waals surface area contributed by atoms with Crippen LogP contribution in [0, 0.1) is 0 Å². The molecule has 1 aliphatic rings. The molecule has 0 atom stereocenters. The van der Waals surface area contributed by atoms with Crippen LogP contribution in [0.2, 0.25) is 0 Å². The number of carboxylic acid groups (broad SMARTS) is 1. The number of rotatable bonds is 5. The van der Waals surface area contributed by atoms with Gasteiger partial charge in [0.15, 0.2) is 5.60 Å². The van der Waals surface area contributed by atoms with Crippen molar-refractivity contribution >= 4 is 17.7 Å². The SMILES string of the molecule is NC(=O)C1(Oc2cc(-c3cn[nH]c3)ccc2NC(=O)O)CC1. The van der Waals surface area contributed by atoms with Crippen LogP contribution in [0.1, 0.15) is 12.8 Å². The van der Waals surface area contributed by atoms with Crippen molar-refractivity contribution in [2.24, 2.45) is 5.73 Å². The normalized spacial score (nSPS) is 15.1. The predicted octanol–water partition coefficient (Wildman–Crippen LogP) is 1.56. The molecule has 0 saturated heterocycles. The van der Waals surface area contributed by atoms with Crippen LogP contribution >= 0.6 is 0 Å². The van der Waals surface area contributed by atoms with E-state index in [9.17, 15) is 9.59 Å². The number of anilines is 1. The van der Waals surface area contributed by atoms with E-state index in [1.807, 2.05) is 0 Å². The second-order valence-corrected chi connectivity index (χ2v) is 5.09. The van der Waals surface area contributed by atoms with E-state index in [1.54, 1.807) is 30.6 Å². The highest BCUT2D eigenvalue weighted by Crippen LogP contribution is 2.43. The summed E-state index contributed by atoms with van der Waals surface area (Å²) in [6.07, 6.45) is 3.15. The summed E-state index contributed by atoms with van der Waals surface area (Å²) in [7, 11) is 0. The number of nitrogens with two attached hydrogens (primary N) is 1. The van der Waals surface area contributed by atoms with Crippen molar-refractivity contribution in [1.82, 2.24) is 10.2 Å². The largest absolute Gasteiger partial charge is 0.475 e. The maximum atomic E-state index is 11.5. The lowest BCUT2D eigenvalue weighted by atomic mass is 10.1. The molecule has 2 aromatic rings. The Balaban J connectivity index is 1.97. The molecule has 8 nitrogen and oxygen atoms in total. The van der Waals surface area contributed by atoms with Gasteiger partial charge in [0, 0.05) is 24.6 Å². The molecule has 1 aromatic carbocycles. The van der Waals surface area contributed by atoms with E-state index in [-0.39, 0.29) is 11.4 Å². The molecule has 1 aliphatic carbocycles. The van der Waals surface area contributed by atoms with Gasteiger partial charge in [0.2, 0.25) is 0 Å². The Bertz CT molecular complexity index is 722. The summed E-state index contributed by atoms with van der Waals surface area (Å²) in [5.41, 5.74) is 6.16. The van der Waals surface area contributed by atoms with Crippen molar-refractivity contribution in [2.45, 2.75) is 18.4 Å². The van der Waals surface area contributed by atoms with Crippen LogP contribution in [-0.2, 0) is 4.79 Å². The van der Waals surface area contributed by atoms with Crippen molar-refractivity contribution in [3.05, 3.63) is 30.6 Å². The van der Waals surface area contributed by atoms with E-state index in [0.29, 0.717) is 12.8 Å². The average Bonchev–Trinajstić information content (AvgIpc) is 3.05. The fraction of sp³-hybridized carbons (Fsp3) is 0.214. The summed E-state index contributed by atoms with van der Waals surface area (Å²) < 4.78 is 5.71. The Hall–Kier alpha value is -3.03. The third-order valence-electron chi connectivity index (χ3n) is 3.51. The topological polar surface area (TPSA) is 130 Å². The van der Waals surface area contributed by atoms with Gasteiger partial charge in [-0.15, -0.1) is 0 Å². The molecule has 8 heteroatoms. The molecule has 0 spiro atoms. The van der Waals surface area contributed by atoms with Crippen molar-refractivity contribution in [3.63, 3.8) is 0 Å². The number of hydrogen-bond donors (Lipinski definition) is 4. The third-order valence-corrected chi connectivity index (χ3v) is 3.51. The fourth-order valence-corrected chi connectivity index (χ4v) is 2.14. The number of aromatic nitrogens is 2. The van der Waals surface area contributed by atoms with E-state index in [1.165, 1.54) is 0 Å². The number of ether oxygens (including phenoxy) is 1. The molecule has 2 amide bonds. The van der Waals surface area contributed by atoms with Crippen molar-refractivity contribution in [1.29, 1.82) is 0 Å². The van der Waals surface area contributed by atoms with Crippen molar-refractivity contribution in [3.8, 4) is 16.9 Å². The van der Waals surface area contributed by atoms with Gasteiger partial charge in [-0.05, 0) is 17.7 Å². The number of benzene rings is 1. The molecular formula is C14H14N4O4. The van der Waals surface area contributed by atoms with Crippen molar-refractivity contribution in [2.75, 3.05) is 5.32 Å². The molecule has 1 fully saturated rings. The first-order chi connectivity index (χ1) is 10.5. The Morgan fingerprint density at radius 2 is 2.14 bits per heavy atom. The van der Waals surface area contributed by atoms with Gasteiger partial charge in [-0.1, -0.05) is 6.07 Å². The Morgan fingerprint density at radius 3 is 2.68 bits per heavy atom. The summed E-state index contributed by atoms with van der Waals surface area (Å²) in [6.45, 7) is 0. The summed E-state index contributed by atoms with van der Waals surface area (Å²) in [6, 6.07) is 4.95. The molecule has 0 bridgehead atoms. The molecule has 5 N–H and O–H groups in total. The second-order valence-electron chi connectivity index (χ2n) is 5.09. The fourth-order valence-electron chi connectivity index (χ4n) is 2.14. The van der Waals surface area contributed by atoms with Gasteiger partial charge in [-0.2, -0.15) is 5.10 Å². The molecule has 1 saturated carbocycles. The highest BCUT2D eigenvalue weighted by Gasteiger charge is 2.52. The zero-order valence-electron chi connectivity index (χ0n) is 11.5. The van der Waals surface area contributed by atoms with Gasteiger partial charge in [0.1, 0.15) is 5.75 Å². The summed E-state index contributed by atoms with van der Waals surface area (Å²) in [5.74, 6) is -0.292. The number of H-pyrrole nitrogens is 1. The summed E-state index contributed by atoms with van der Waals surface area (Å²) in [5, 5.41) is 17.7. The quantitative estimate of drug-likeness (QED) is 0.665. The number of carbonyl (C=O) groups is 2. The number of carbonyl (C=O) groups excluding carboxylic acids is 1. The lowest BCUT2D eigenvalue weighted by Crippen LogP contribution is -2.36. The average molecular weight is 302 g/mol. The lowest BCUT2D eigenvalue weighted by Gasteiger charge is -2.18. The van der Waals surface area contributed by atoms with Gasteiger partial charge in [0.25, 0.3) is 5.91 Å². The number of primary amides is 1. The number of nitrogens with zero attached hydrogens (tertiary/aromatic N) is 1. The van der Waals surface area contributed by atoms with E-state index >= 15 is 0 Å². The number of nitrogens with one attached hydrogen (secondary N) is 2. The van der Waals surface area contributed by atoms with Crippen LogP contribution in [0.4, 0.5) is 10.5 Å². The first kappa shape index (κ1) is 13.9. The first-order valence-electron chi connectivity index (χ1n) is 6.62. The maximum Gasteiger partial charge on any atom is 0.409 e. The molecule has 3 rings (SSSR count). The molecule has 0 aliphatic heterocycles. The minimum absolute atomic E-state index is 0.257. The van der Waals surface area contributed by atoms with Crippen molar-refractivity contribution < 1.29 is 19.4 Å². The maximum absolute atomic E-state index is 11.5. The Labute approximate surface area is 125 Å². The smallest absolute Gasteiger partial charge is 0.409 e. The predicted molar refractivity (Wildman–Crippen MR) is 77.5 cm³/mol. The van der Waals surface area contributed by atoms with E-state index in [2.05, 4.69) is 15.5 Å². The van der Waals surface area contributed by atoms with Gasteiger partial charge < -0.3 is 15.6 Å². The molecule has 114 valence electrons. The summed E-state index contributed by atoms with van der Waals surface area (Å²) in [4.78, 5) is 22.4. The first-order valence-corrected chi connectivity index (χ1v) is 6.62. The second kappa shape index (κ2) is 5.06. The molecule has 1 heterocycles. The van der Waals surface area contributed by atoms with E-state index < -0.39 is 17.6 Å². The highest BCUT2D eigenvalue weighted by atomic mass is 16.5. The summed E-state index contributed by atoms with van der Waals surface area (Å²) >= 11 is 0. The zero-order valence-corrected chi connectivity index (χ0v) is 11.5. The lowest BCUT2D eigenvalue weighted by molar-refractivity contribution is -0.126. The monoisotopic (exact) mass is 302 g/mol. The van der Waals surface area contributed by atoms with Crippen LogP contribution in [0.25, 0.3) is 11.1 Å². The molecule has 1 aromatic heterocycles. The van der Waals surface area contributed by atoms with Crippen LogP contribution in [-0.4, -0.2) is 32.9 Å². The van der Waals surface area contributed by atoms with Gasteiger partial charge in [0.05, 0.1) is 11.9 Å². The van der Waals surface area contributed by atoms with Gasteiger partial charge >= 0.3 is 6.09 Å². The number of amides is 2. The zero-order chi connectivity index (χ0) is 15.7. The van der Waals surface area contributed by atoms with Crippen LogP contribution in [0.5, 0.6) is 5.75 Å². The van der Waals surface area contributed by atoms with Crippen LogP contribution < -0.4 is 15.8 Å². The molecule has 0 unspecified atom stereocenters. The molecular weight excluding hydrogens is 288 g/mol. The van der Waals surface area contributed by atoms with Crippen LogP contribution in [0.15, 0.2) is 30.6 Å². The van der Waals surface area contributed by atoms with Gasteiger partial charge in [-0.25, -0.2) is 4.79 Å². The highest BCUT2D eigenvalue weighted by molar-refractivity contribution is 5.89. The number of aromatic amines is 1. The third kappa shape index (κ3) is 2.58. The standard InChI is InChI=1S/C14H14N4O4/c15-12(19)14(3-4-14)22-11-5-8(9-6-16-17-7-9)1-2-10(11)18-13(20)21/h1-2,5-7,18H,3-4H2,(H2,15,19)(H,16,17)(H,20,21). The van der Waals surface area contributed by atoms with Crippen LogP contribution in [0.3, 0.4) is 0 Å². The van der Waals surface area contributed by atoms with E-state index in [0.717, 1.165) is 11.1 Å². The van der Waals surface area contributed by atoms with Gasteiger partial charge in [-0.3, -0.25) is 15.2 Å². The van der Waals surface area contributed by atoms with E-state index in [4.69, 9.17) is 15.6 Å². The Morgan fingerprint density at radius 1 is 1.36 bits per heavy atom. The number of hydrogen-bond acceptors (Lipinski definition) is 4. The molecule has 22 heavy (non-hydrogen) atoms. The Kier molecular flexibility index (Phi) is 3.21. The molecule has 0 radical (unpaired) electrons. The minimum Gasteiger partial charge on any atom is -0.475 e. The minimum atomic E-state index is -1.22.